The van der Waals surface area contributed by atoms with Gasteiger partial charge in [-0.15, -0.1) is 0 Å². The van der Waals surface area contributed by atoms with Gasteiger partial charge in [0.25, 0.3) is 0 Å². The summed E-state index contributed by atoms with van der Waals surface area (Å²) >= 11 is 0. The quantitative estimate of drug-likeness (QED) is 0.805. The Kier molecular flexibility index (Phi) is 3.29. The summed E-state index contributed by atoms with van der Waals surface area (Å²) in [6.45, 7) is 0.284. The number of benzene rings is 2. The topological polar surface area (TPSA) is 43.8 Å². The second-order valence-corrected chi connectivity index (χ2v) is 4.72. The van der Waals surface area contributed by atoms with Crippen LogP contribution in [0.1, 0.15) is 5.56 Å². The highest BCUT2D eigenvalue weighted by molar-refractivity contribution is 5.79. The number of nitrogens with two attached hydrogens (primary N) is 1. The lowest BCUT2D eigenvalue weighted by Gasteiger charge is -2.07. The Balaban J connectivity index is 1.97. The normalized spacial score (nSPS) is 11.2. The molecule has 0 aliphatic carbocycles. The zero-order chi connectivity index (χ0) is 15.0. The summed E-state index contributed by atoms with van der Waals surface area (Å²) in [5.41, 5.74) is 6.53. The molecule has 0 saturated heterocycles. The van der Waals surface area contributed by atoms with Crippen molar-refractivity contribution in [2.75, 3.05) is 5.73 Å². The smallest absolute Gasteiger partial charge is 0.201 e. The molecule has 0 aliphatic rings. The number of hydrogen-bond acceptors (Lipinski definition) is 2. The Morgan fingerprint density at radius 1 is 1.05 bits per heavy atom. The zero-order valence-electron chi connectivity index (χ0n) is 11.0. The monoisotopic (exact) mass is 291 g/mol. The second kappa shape index (κ2) is 5.12. The summed E-state index contributed by atoms with van der Waals surface area (Å²) < 4.78 is 42.0. The van der Waals surface area contributed by atoms with Crippen molar-refractivity contribution >= 4 is 17.0 Å². The van der Waals surface area contributed by atoms with E-state index in [0.717, 1.165) is 6.07 Å². The van der Waals surface area contributed by atoms with Gasteiger partial charge in [0.2, 0.25) is 5.95 Å². The molecular formula is C15H12F3N3. The van der Waals surface area contributed by atoms with Crippen molar-refractivity contribution in [1.29, 1.82) is 0 Å². The van der Waals surface area contributed by atoms with Crippen LogP contribution in [0.5, 0.6) is 0 Å². The Labute approximate surface area is 118 Å². The van der Waals surface area contributed by atoms with Crippen LogP contribution < -0.4 is 5.73 Å². The first-order valence-corrected chi connectivity index (χ1v) is 6.40. The Morgan fingerprint density at radius 3 is 2.57 bits per heavy atom. The number of aromatic nitrogens is 2. The molecule has 3 aromatic rings. The Morgan fingerprint density at radius 2 is 1.81 bits per heavy atom. The number of fused-ring (bicyclic) bond motifs is 1. The number of halogens is 3. The molecule has 0 unspecified atom stereocenters. The highest BCUT2D eigenvalue weighted by Crippen LogP contribution is 2.23. The standard InChI is InChI=1S/C15H12F3N3/c16-10-7-12(18)14-13(8-10)21(15(19)20-14)6-5-9-3-1-2-4-11(9)17/h1-4,7-8H,5-6H2,(H2,19,20). The van der Waals surface area contributed by atoms with Gasteiger partial charge in [0.1, 0.15) is 17.2 Å². The molecule has 108 valence electrons. The van der Waals surface area contributed by atoms with E-state index in [1.165, 1.54) is 16.7 Å². The molecule has 2 aromatic carbocycles. The first-order chi connectivity index (χ1) is 10.1. The summed E-state index contributed by atoms with van der Waals surface area (Å²) in [6.07, 6.45) is 0.348. The third-order valence-electron chi connectivity index (χ3n) is 3.36. The fourth-order valence-corrected chi connectivity index (χ4v) is 2.34. The van der Waals surface area contributed by atoms with E-state index in [-0.39, 0.29) is 29.3 Å². The van der Waals surface area contributed by atoms with E-state index in [1.54, 1.807) is 18.2 Å². The minimum atomic E-state index is -0.763. The molecule has 0 aliphatic heterocycles. The number of aryl methyl sites for hydroxylation is 2. The molecule has 1 heterocycles. The van der Waals surface area contributed by atoms with Gasteiger partial charge < -0.3 is 10.3 Å². The van der Waals surface area contributed by atoms with Gasteiger partial charge in [-0.1, -0.05) is 18.2 Å². The first-order valence-electron chi connectivity index (χ1n) is 6.40. The summed E-state index contributed by atoms with van der Waals surface area (Å²) in [4.78, 5) is 3.89. The molecule has 6 heteroatoms. The number of nitrogen functional groups attached to an aromatic ring is 1. The zero-order valence-corrected chi connectivity index (χ0v) is 11.0. The second-order valence-electron chi connectivity index (χ2n) is 4.72. The van der Waals surface area contributed by atoms with Crippen LogP contribution in [0.15, 0.2) is 36.4 Å². The molecule has 0 saturated carbocycles. The third kappa shape index (κ3) is 2.44. The molecule has 0 radical (unpaired) electrons. The van der Waals surface area contributed by atoms with Crippen molar-refractivity contribution in [2.24, 2.45) is 0 Å². The fourth-order valence-electron chi connectivity index (χ4n) is 2.34. The van der Waals surface area contributed by atoms with Crippen LogP contribution in [0.2, 0.25) is 0 Å². The van der Waals surface area contributed by atoms with Gasteiger partial charge in [0.15, 0.2) is 5.82 Å². The highest BCUT2D eigenvalue weighted by atomic mass is 19.1. The molecule has 2 N–H and O–H groups in total. The molecule has 0 fully saturated rings. The van der Waals surface area contributed by atoms with E-state index in [9.17, 15) is 13.2 Å². The fraction of sp³-hybridized carbons (Fsp3) is 0.133. The SMILES string of the molecule is Nc1nc2c(F)cc(F)cc2n1CCc1ccccc1F. The number of imidazole rings is 1. The van der Waals surface area contributed by atoms with Crippen LogP contribution in [0.25, 0.3) is 11.0 Å². The van der Waals surface area contributed by atoms with E-state index in [1.807, 2.05) is 0 Å². The molecule has 21 heavy (non-hydrogen) atoms. The lowest BCUT2D eigenvalue weighted by Crippen LogP contribution is -2.06. The van der Waals surface area contributed by atoms with E-state index in [4.69, 9.17) is 5.73 Å². The van der Waals surface area contributed by atoms with Crippen LogP contribution >= 0.6 is 0 Å². The first kappa shape index (κ1) is 13.5. The number of nitrogens with zero attached hydrogens (tertiary/aromatic N) is 2. The predicted molar refractivity (Wildman–Crippen MR) is 74.2 cm³/mol. The number of rotatable bonds is 3. The van der Waals surface area contributed by atoms with Gasteiger partial charge in [-0.3, -0.25) is 0 Å². The van der Waals surface area contributed by atoms with Gasteiger partial charge in [-0.05, 0) is 18.1 Å². The maximum absolute atomic E-state index is 13.6. The van der Waals surface area contributed by atoms with Crippen LogP contribution in [0, 0.1) is 17.5 Å². The maximum atomic E-state index is 13.6. The van der Waals surface area contributed by atoms with Crippen molar-refractivity contribution in [3.63, 3.8) is 0 Å². The summed E-state index contributed by atoms with van der Waals surface area (Å²) in [6, 6.07) is 8.28. The van der Waals surface area contributed by atoms with Gasteiger partial charge in [0.05, 0.1) is 5.52 Å². The van der Waals surface area contributed by atoms with E-state index in [2.05, 4.69) is 4.98 Å². The lowest BCUT2D eigenvalue weighted by atomic mass is 10.1. The van der Waals surface area contributed by atoms with Gasteiger partial charge in [-0.25, -0.2) is 18.2 Å². The average Bonchev–Trinajstić information content (AvgIpc) is 2.75. The molecule has 3 rings (SSSR count). The van der Waals surface area contributed by atoms with Crippen molar-refractivity contribution < 1.29 is 13.2 Å². The number of hydrogen-bond donors (Lipinski definition) is 1. The minimum Gasteiger partial charge on any atom is -0.369 e. The molecule has 0 atom stereocenters. The molecule has 0 spiro atoms. The van der Waals surface area contributed by atoms with E-state index < -0.39 is 11.6 Å². The van der Waals surface area contributed by atoms with E-state index in [0.29, 0.717) is 12.0 Å². The predicted octanol–water partition coefficient (Wildman–Crippen LogP) is 3.28. The largest absolute Gasteiger partial charge is 0.369 e. The van der Waals surface area contributed by atoms with Crippen LogP contribution in [-0.2, 0) is 13.0 Å². The minimum absolute atomic E-state index is 0.0161. The maximum Gasteiger partial charge on any atom is 0.201 e. The molecular weight excluding hydrogens is 279 g/mol. The molecule has 1 aromatic heterocycles. The Hall–Kier alpha value is -2.50. The van der Waals surface area contributed by atoms with Crippen molar-refractivity contribution in [2.45, 2.75) is 13.0 Å². The number of anilines is 1. The van der Waals surface area contributed by atoms with Crippen molar-refractivity contribution in [1.82, 2.24) is 9.55 Å². The summed E-state index contributed by atoms with van der Waals surface area (Å²) in [7, 11) is 0. The van der Waals surface area contributed by atoms with Crippen molar-refractivity contribution in [3.05, 3.63) is 59.4 Å². The summed E-state index contributed by atoms with van der Waals surface area (Å²) in [5, 5.41) is 0. The highest BCUT2D eigenvalue weighted by Gasteiger charge is 2.14. The van der Waals surface area contributed by atoms with Gasteiger partial charge in [0, 0.05) is 18.7 Å². The molecule has 3 nitrogen and oxygen atoms in total. The van der Waals surface area contributed by atoms with Crippen LogP contribution in [0.4, 0.5) is 19.1 Å². The van der Waals surface area contributed by atoms with Gasteiger partial charge >= 0.3 is 0 Å². The molecule has 0 bridgehead atoms. The third-order valence-corrected chi connectivity index (χ3v) is 3.36. The van der Waals surface area contributed by atoms with E-state index >= 15 is 0 Å². The van der Waals surface area contributed by atoms with Crippen LogP contribution in [-0.4, -0.2) is 9.55 Å². The van der Waals surface area contributed by atoms with Crippen LogP contribution in [0.3, 0.4) is 0 Å². The van der Waals surface area contributed by atoms with Crippen molar-refractivity contribution in [3.8, 4) is 0 Å². The van der Waals surface area contributed by atoms with Gasteiger partial charge in [-0.2, -0.15) is 0 Å². The lowest BCUT2D eigenvalue weighted by molar-refractivity contribution is 0.587. The Bertz CT molecular complexity index is 811. The average molecular weight is 291 g/mol. The summed E-state index contributed by atoms with van der Waals surface area (Å²) in [5.74, 6) is -1.71. The molecule has 0 amide bonds.